The van der Waals surface area contributed by atoms with Gasteiger partial charge in [-0.3, -0.25) is 0 Å². The minimum atomic E-state index is -0.622. The predicted molar refractivity (Wildman–Crippen MR) is 51.2 cm³/mol. The van der Waals surface area contributed by atoms with Crippen molar-refractivity contribution in [2.75, 3.05) is 0 Å². The van der Waals surface area contributed by atoms with Crippen molar-refractivity contribution in [3.05, 3.63) is 35.9 Å². The van der Waals surface area contributed by atoms with Crippen LogP contribution in [0.5, 0.6) is 0 Å². The van der Waals surface area contributed by atoms with Crippen molar-refractivity contribution < 1.29 is 4.39 Å². The highest BCUT2D eigenvalue weighted by atomic mass is 19.1. The monoisotopic (exact) mass is 179 g/mol. The second kappa shape index (κ2) is 3.88. The van der Waals surface area contributed by atoms with Crippen LogP contribution in [0.25, 0.3) is 0 Å². The maximum Gasteiger partial charge on any atom is 0.115 e. The number of nitrogens with one attached hydrogen (secondary N) is 1. The topological polar surface area (TPSA) is 12.0 Å². The number of halogens is 1. The van der Waals surface area contributed by atoms with Gasteiger partial charge in [0.2, 0.25) is 0 Å². The maximum absolute atomic E-state index is 12.8. The first-order valence-corrected chi connectivity index (χ1v) is 4.77. The Bertz CT molecular complexity index is 260. The van der Waals surface area contributed by atoms with Crippen molar-refractivity contribution in [1.29, 1.82) is 0 Å². The zero-order valence-corrected chi connectivity index (χ0v) is 7.54. The van der Waals surface area contributed by atoms with Crippen LogP contribution in [0.2, 0.25) is 0 Å². The molecule has 1 nitrogen and oxygen atoms in total. The van der Waals surface area contributed by atoms with Crippen molar-refractivity contribution >= 4 is 0 Å². The molecule has 13 heavy (non-hydrogen) atoms. The van der Waals surface area contributed by atoms with Crippen LogP contribution >= 0.6 is 0 Å². The smallest absolute Gasteiger partial charge is 0.115 e. The highest BCUT2D eigenvalue weighted by Gasteiger charge is 2.29. The summed E-state index contributed by atoms with van der Waals surface area (Å²) < 4.78 is 12.8. The highest BCUT2D eigenvalue weighted by molar-refractivity contribution is 5.14. The Hall–Kier alpha value is -0.890. The summed E-state index contributed by atoms with van der Waals surface area (Å²) in [5, 5.41) is 3.21. The van der Waals surface area contributed by atoms with Gasteiger partial charge in [0, 0.05) is 12.6 Å². The van der Waals surface area contributed by atoms with Crippen LogP contribution in [0, 0.1) is 0 Å². The van der Waals surface area contributed by atoms with E-state index in [2.05, 4.69) is 17.4 Å². The van der Waals surface area contributed by atoms with Gasteiger partial charge < -0.3 is 5.32 Å². The van der Waals surface area contributed by atoms with Crippen molar-refractivity contribution in [3.63, 3.8) is 0 Å². The molecule has 2 atom stereocenters. The molecule has 2 rings (SSSR count). The Balaban J connectivity index is 1.80. The summed E-state index contributed by atoms with van der Waals surface area (Å²) in [6, 6.07) is 10.2. The minimum absolute atomic E-state index is 0.0974. The lowest BCUT2D eigenvalue weighted by atomic mass is 9.90. The lowest BCUT2D eigenvalue weighted by Crippen LogP contribution is -2.44. The molecule has 0 heterocycles. The quantitative estimate of drug-likeness (QED) is 0.750. The predicted octanol–water partition coefficient (Wildman–Crippen LogP) is 2.28. The zero-order valence-electron chi connectivity index (χ0n) is 7.54. The molecule has 70 valence electrons. The normalized spacial score (nSPS) is 26.8. The van der Waals surface area contributed by atoms with Crippen molar-refractivity contribution in [3.8, 4) is 0 Å². The molecule has 1 aliphatic rings. The molecule has 1 aromatic rings. The van der Waals surface area contributed by atoms with Gasteiger partial charge in [0.15, 0.2) is 0 Å². The summed E-state index contributed by atoms with van der Waals surface area (Å²) in [6.07, 6.45) is 1.09. The third-order valence-electron chi connectivity index (χ3n) is 2.60. The SMILES string of the molecule is FC1CCC1NCc1ccccc1. The molecule has 1 saturated carbocycles. The van der Waals surface area contributed by atoms with Gasteiger partial charge >= 0.3 is 0 Å². The van der Waals surface area contributed by atoms with E-state index in [0.717, 1.165) is 19.4 Å². The van der Waals surface area contributed by atoms with Gasteiger partial charge in [-0.25, -0.2) is 4.39 Å². The molecule has 0 aromatic heterocycles. The molecular weight excluding hydrogens is 165 g/mol. The fourth-order valence-electron chi connectivity index (χ4n) is 1.53. The van der Waals surface area contributed by atoms with Gasteiger partial charge in [-0.2, -0.15) is 0 Å². The van der Waals surface area contributed by atoms with Crippen molar-refractivity contribution in [2.45, 2.75) is 31.6 Å². The fourth-order valence-corrected chi connectivity index (χ4v) is 1.53. The van der Waals surface area contributed by atoms with Gasteiger partial charge in [-0.15, -0.1) is 0 Å². The molecule has 0 radical (unpaired) electrons. The summed E-state index contributed by atoms with van der Waals surface area (Å²) in [7, 11) is 0. The van der Waals surface area contributed by atoms with E-state index in [1.54, 1.807) is 0 Å². The van der Waals surface area contributed by atoms with Gasteiger partial charge in [0.05, 0.1) is 0 Å². The summed E-state index contributed by atoms with van der Waals surface area (Å²) >= 11 is 0. The largest absolute Gasteiger partial charge is 0.307 e. The van der Waals surface area contributed by atoms with Crippen LogP contribution in [0.15, 0.2) is 30.3 Å². The molecule has 0 saturated heterocycles. The van der Waals surface area contributed by atoms with E-state index < -0.39 is 6.17 Å². The first-order chi connectivity index (χ1) is 6.36. The number of hydrogen-bond donors (Lipinski definition) is 1. The summed E-state index contributed by atoms with van der Waals surface area (Å²) in [5.74, 6) is 0. The molecule has 1 aliphatic carbocycles. The summed E-state index contributed by atoms with van der Waals surface area (Å²) in [5.41, 5.74) is 1.22. The number of hydrogen-bond acceptors (Lipinski definition) is 1. The Labute approximate surface area is 78.0 Å². The molecule has 0 bridgehead atoms. The van der Waals surface area contributed by atoms with Gasteiger partial charge in [-0.05, 0) is 18.4 Å². The van der Waals surface area contributed by atoms with E-state index in [1.807, 2.05) is 18.2 Å². The second-order valence-corrected chi connectivity index (χ2v) is 3.57. The van der Waals surface area contributed by atoms with Crippen LogP contribution in [0.1, 0.15) is 18.4 Å². The van der Waals surface area contributed by atoms with Crippen LogP contribution in [0.4, 0.5) is 4.39 Å². The molecule has 0 amide bonds. The molecule has 1 aromatic carbocycles. The van der Waals surface area contributed by atoms with Gasteiger partial charge in [-0.1, -0.05) is 30.3 Å². The third-order valence-corrected chi connectivity index (χ3v) is 2.60. The van der Waals surface area contributed by atoms with Crippen molar-refractivity contribution in [1.82, 2.24) is 5.32 Å². The molecule has 0 spiro atoms. The van der Waals surface area contributed by atoms with Crippen LogP contribution in [-0.2, 0) is 6.54 Å². The second-order valence-electron chi connectivity index (χ2n) is 3.57. The lowest BCUT2D eigenvalue weighted by Gasteiger charge is -2.31. The lowest BCUT2D eigenvalue weighted by molar-refractivity contribution is 0.141. The van der Waals surface area contributed by atoms with Crippen molar-refractivity contribution in [2.24, 2.45) is 0 Å². The van der Waals surface area contributed by atoms with E-state index in [1.165, 1.54) is 5.56 Å². The van der Waals surface area contributed by atoms with Gasteiger partial charge in [0.1, 0.15) is 6.17 Å². The van der Waals surface area contributed by atoms with E-state index in [-0.39, 0.29) is 6.04 Å². The van der Waals surface area contributed by atoms with E-state index in [9.17, 15) is 4.39 Å². The number of alkyl halides is 1. The van der Waals surface area contributed by atoms with E-state index >= 15 is 0 Å². The standard InChI is InChI=1S/C11H14FN/c12-10-6-7-11(10)13-8-9-4-2-1-3-5-9/h1-5,10-11,13H,6-8H2. The average Bonchev–Trinajstić information content (AvgIpc) is 2.17. The Morgan fingerprint density at radius 3 is 2.54 bits per heavy atom. The highest BCUT2D eigenvalue weighted by Crippen LogP contribution is 2.23. The van der Waals surface area contributed by atoms with Crippen LogP contribution in [0.3, 0.4) is 0 Å². The first kappa shape index (κ1) is 8.70. The molecular formula is C11H14FN. The van der Waals surface area contributed by atoms with Gasteiger partial charge in [0.25, 0.3) is 0 Å². The molecule has 2 unspecified atom stereocenters. The Morgan fingerprint density at radius 1 is 1.23 bits per heavy atom. The zero-order chi connectivity index (χ0) is 9.10. The molecule has 2 heteroatoms. The first-order valence-electron chi connectivity index (χ1n) is 4.77. The number of rotatable bonds is 3. The van der Waals surface area contributed by atoms with Crippen LogP contribution in [-0.4, -0.2) is 12.2 Å². The maximum atomic E-state index is 12.8. The number of benzene rings is 1. The molecule has 0 aliphatic heterocycles. The summed E-state index contributed by atoms with van der Waals surface area (Å²) in [6.45, 7) is 0.784. The Morgan fingerprint density at radius 2 is 2.00 bits per heavy atom. The minimum Gasteiger partial charge on any atom is -0.307 e. The molecule has 1 fully saturated rings. The fraction of sp³-hybridized carbons (Fsp3) is 0.455. The average molecular weight is 179 g/mol. The van der Waals surface area contributed by atoms with E-state index in [4.69, 9.17) is 0 Å². The van der Waals surface area contributed by atoms with Crippen LogP contribution < -0.4 is 5.32 Å². The summed E-state index contributed by atoms with van der Waals surface area (Å²) in [4.78, 5) is 0. The molecule has 1 N–H and O–H groups in total. The van der Waals surface area contributed by atoms with E-state index in [0.29, 0.717) is 0 Å². The Kier molecular flexibility index (Phi) is 2.60. The third kappa shape index (κ3) is 2.07.